The van der Waals surface area contributed by atoms with Gasteiger partial charge in [0.1, 0.15) is 0 Å². The maximum atomic E-state index is 5.61. The van der Waals surface area contributed by atoms with Gasteiger partial charge < -0.3 is 5.73 Å². The molecule has 1 aromatic heterocycles. The average Bonchev–Trinajstić information content (AvgIpc) is 2.82. The summed E-state index contributed by atoms with van der Waals surface area (Å²) in [6.45, 7) is 7.17. The predicted octanol–water partition coefficient (Wildman–Crippen LogP) is 3.88. The zero-order chi connectivity index (χ0) is 13.1. The van der Waals surface area contributed by atoms with Crippen molar-refractivity contribution in [1.29, 1.82) is 0 Å². The van der Waals surface area contributed by atoms with E-state index in [9.17, 15) is 0 Å². The lowest BCUT2D eigenvalue weighted by atomic mass is 10.0. The van der Waals surface area contributed by atoms with E-state index in [0.29, 0.717) is 5.92 Å². The molecule has 2 aromatic rings. The van der Waals surface area contributed by atoms with E-state index in [-0.39, 0.29) is 0 Å². The van der Waals surface area contributed by atoms with E-state index in [4.69, 9.17) is 10.7 Å². The van der Waals surface area contributed by atoms with Crippen LogP contribution in [0.5, 0.6) is 0 Å². The quantitative estimate of drug-likeness (QED) is 0.906. The Bertz CT molecular complexity index is 531. The van der Waals surface area contributed by atoms with E-state index in [0.717, 1.165) is 18.7 Å². The van der Waals surface area contributed by atoms with Gasteiger partial charge in [-0.05, 0) is 38.4 Å². The van der Waals surface area contributed by atoms with Gasteiger partial charge in [0, 0.05) is 16.9 Å². The Morgan fingerprint density at radius 1 is 1.33 bits per heavy atom. The summed E-state index contributed by atoms with van der Waals surface area (Å²) in [6.07, 6.45) is 1.000. The van der Waals surface area contributed by atoms with Crippen LogP contribution in [0, 0.1) is 13.8 Å². The van der Waals surface area contributed by atoms with Gasteiger partial charge >= 0.3 is 0 Å². The van der Waals surface area contributed by atoms with E-state index in [1.165, 1.54) is 21.7 Å². The summed E-state index contributed by atoms with van der Waals surface area (Å²) in [4.78, 5) is 4.76. The van der Waals surface area contributed by atoms with Gasteiger partial charge in [-0.25, -0.2) is 4.98 Å². The van der Waals surface area contributed by atoms with Gasteiger partial charge in [-0.1, -0.05) is 24.6 Å². The lowest BCUT2D eigenvalue weighted by molar-refractivity contribution is 0.685. The van der Waals surface area contributed by atoms with Crippen LogP contribution in [0.2, 0.25) is 0 Å². The van der Waals surface area contributed by atoms with E-state index in [1.54, 1.807) is 11.3 Å². The standard InChI is InChI=1S/C15H20N2S/c1-10-4-5-11(2)13(8-10)14-9-18-15(17-14)12(3)6-7-16/h4-5,8-9,12H,6-7,16H2,1-3H3. The number of hydrogen-bond donors (Lipinski definition) is 1. The van der Waals surface area contributed by atoms with Crippen LogP contribution < -0.4 is 5.73 Å². The third-order valence-corrected chi connectivity index (χ3v) is 4.29. The molecule has 0 spiro atoms. The van der Waals surface area contributed by atoms with Crippen LogP contribution in [0.1, 0.15) is 35.4 Å². The second kappa shape index (κ2) is 5.63. The number of rotatable bonds is 4. The highest BCUT2D eigenvalue weighted by atomic mass is 32.1. The van der Waals surface area contributed by atoms with Crippen LogP contribution in [-0.2, 0) is 0 Å². The van der Waals surface area contributed by atoms with Crippen molar-refractivity contribution in [3.63, 3.8) is 0 Å². The van der Waals surface area contributed by atoms with Crippen molar-refractivity contribution < 1.29 is 0 Å². The molecule has 3 heteroatoms. The van der Waals surface area contributed by atoms with Crippen molar-refractivity contribution in [2.24, 2.45) is 5.73 Å². The number of thiazole rings is 1. The van der Waals surface area contributed by atoms with Crippen LogP contribution in [0.15, 0.2) is 23.6 Å². The number of nitrogens with two attached hydrogens (primary N) is 1. The lowest BCUT2D eigenvalue weighted by Crippen LogP contribution is -2.04. The molecular formula is C15H20N2S. The molecule has 0 saturated heterocycles. The normalized spacial score (nSPS) is 12.7. The minimum Gasteiger partial charge on any atom is -0.330 e. The van der Waals surface area contributed by atoms with E-state index in [2.05, 4.69) is 44.4 Å². The Morgan fingerprint density at radius 3 is 2.83 bits per heavy atom. The Morgan fingerprint density at radius 2 is 2.11 bits per heavy atom. The molecule has 96 valence electrons. The highest BCUT2D eigenvalue weighted by Crippen LogP contribution is 2.29. The van der Waals surface area contributed by atoms with Crippen molar-refractivity contribution in [2.75, 3.05) is 6.54 Å². The number of aromatic nitrogens is 1. The minimum absolute atomic E-state index is 0.457. The number of hydrogen-bond acceptors (Lipinski definition) is 3. The number of nitrogens with zero attached hydrogens (tertiary/aromatic N) is 1. The molecule has 0 aliphatic heterocycles. The molecule has 0 aliphatic carbocycles. The van der Waals surface area contributed by atoms with Crippen LogP contribution >= 0.6 is 11.3 Å². The first-order valence-electron chi connectivity index (χ1n) is 6.35. The molecule has 1 aromatic carbocycles. The molecule has 0 saturated carbocycles. The first kappa shape index (κ1) is 13.2. The fourth-order valence-electron chi connectivity index (χ4n) is 2.02. The van der Waals surface area contributed by atoms with Crippen molar-refractivity contribution >= 4 is 11.3 Å². The van der Waals surface area contributed by atoms with Crippen molar-refractivity contribution in [3.05, 3.63) is 39.7 Å². The van der Waals surface area contributed by atoms with Gasteiger partial charge in [0.2, 0.25) is 0 Å². The molecule has 2 rings (SSSR count). The zero-order valence-corrected chi connectivity index (χ0v) is 12.1. The molecule has 1 heterocycles. The summed E-state index contributed by atoms with van der Waals surface area (Å²) in [5.41, 5.74) is 10.5. The van der Waals surface area contributed by atoms with Gasteiger partial charge in [0.25, 0.3) is 0 Å². The molecule has 0 bridgehead atoms. The van der Waals surface area contributed by atoms with Crippen molar-refractivity contribution in [3.8, 4) is 11.3 Å². The predicted molar refractivity (Wildman–Crippen MR) is 79.1 cm³/mol. The zero-order valence-electron chi connectivity index (χ0n) is 11.2. The Hall–Kier alpha value is -1.19. The number of aryl methyl sites for hydroxylation is 2. The molecule has 18 heavy (non-hydrogen) atoms. The molecule has 1 unspecified atom stereocenters. The monoisotopic (exact) mass is 260 g/mol. The van der Waals surface area contributed by atoms with Gasteiger partial charge in [-0.15, -0.1) is 11.3 Å². The summed E-state index contributed by atoms with van der Waals surface area (Å²) in [6, 6.07) is 6.51. The molecule has 0 aliphatic rings. The Kier molecular flexibility index (Phi) is 4.15. The fraction of sp³-hybridized carbons (Fsp3) is 0.400. The fourth-order valence-corrected chi connectivity index (χ4v) is 2.94. The molecular weight excluding hydrogens is 240 g/mol. The smallest absolute Gasteiger partial charge is 0.0961 e. The molecule has 1 atom stereocenters. The summed E-state index contributed by atoms with van der Waals surface area (Å²) < 4.78 is 0. The largest absolute Gasteiger partial charge is 0.330 e. The van der Waals surface area contributed by atoms with E-state index in [1.807, 2.05) is 0 Å². The maximum Gasteiger partial charge on any atom is 0.0961 e. The topological polar surface area (TPSA) is 38.9 Å². The molecule has 2 N–H and O–H groups in total. The first-order valence-corrected chi connectivity index (χ1v) is 7.23. The highest BCUT2D eigenvalue weighted by Gasteiger charge is 2.12. The number of benzene rings is 1. The Labute approximate surface area is 113 Å². The van der Waals surface area contributed by atoms with Crippen LogP contribution in [-0.4, -0.2) is 11.5 Å². The third kappa shape index (κ3) is 2.79. The van der Waals surface area contributed by atoms with Crippen molar-refractivity contribution in [1.82, 2.24) is 4.98 Å². The van der Waals surface area contributed by atoms with E-state index >= 15 is 0 Å². The third-order valence-electron chi connectivity index (χ3n) is 3.21. The van der Waals surface area contributed by atoms with Gasteiger partial charge in [0.05, 0.1) is 10.7 Å². The highest BCUT2D eigenvalue weighted by molar-refractivity contribution is 7.10. The lowest BCUT2D eigenvalue weighted by Gasteiger charge is -2.06. The molecule has 2 nitrogen and oxygen atoms in total. The van der Waals surface area contributed by atoms with Crippen LogP contribution in [0.3, 0.4) is 0 Å². The van der Waals surface area contributed by atoms with E-state index < -0.39 is 0 Å². The average molecular weight is 260 g/mol. The second-order valence-electron chi connectivity index (χ2n) is 4.87. The Balaban J connectivity index is 2.32. The van der Waals surface area contributed by atoms with Crippen LogP contribution in [0.4, 0.5) is 0 Å². The molecule has 0 amide bonds. The molecule has 0 fully saturated rings. The minimum atomic E-state index is 0.457. The van der Waals surface area contributed by atoms with Gasteiger partial charge in [-0.2, -0.15) is 0 Å². The second-order valence-corrected chi connectivity index (χ2v) is 5.76. The summed E-state index contributed by atoms with van der Waals surface area (Å²) in [5, 5.41) is 3.35. The maximum absolute atomic E-state index is 5.61. The first-order chi connectivity index (χ1) is 8.61. The summed E-state index contributed by atoms with van der Waals surface area (Å²) in [5.74, 6) is 0.457. The summed E-state index contributed by atoms with van der Waals surface area (Å²) in [7, 11) is 0. The molecule has 0 radical (unpaired) electrons. The van der Waals surface area contributed by atoms with Gasteiger partial charge in [0.15, 0.2) is 0 Å². The van der Waals surface area contributed by atoms with Crippen LogP contribution in [0.25, 0.3) is 11.3 Å². The summed E-state index contributed by atoms with van der Waals surface area (Å²) >= 11 is 1.74. The van der Waals surface area contributed by atoms with Gasteiger partial charge in [-0.3, -0.25) is 0 Å². The van der Waals surface area contributed by atoms with Crippen molar-refractivity contribution in [2.45, 2.75) is 33.1 Å². The SMILES string of the molecule is Cc1ccc(C)c(-c2csc(C(C)CCN)n2)c1.